The molecule has 146 valence electrons. The summed E-state index contributed by atoms with van der Waals surface area (Å²) in [4.78, 5) is 41.4. The number of amides is 3. The van der Waals surface area contributed by atoms with E-state index in [1.54, 1.807) is 41.8 Å². The number of anilines is 1. The SMILES string of the molecule is O=C(Nc1nc(-c2cccc(F)c2)cs1)c1ccc(CN2C(=O)CCC2=O)cc1. The Balaban J connectivity index is 1.41. The van der Waals surface area contributed by atoms with Gasteiger partial charge in [-0.25, -0.2) is 9.37 Å². The van der Waals surface area contributed by atoms with Crippen LogP contribution in [0.2, 0.25) is 0 Å². The fourth-order valence-corrected chi connectivity index (χ4v) is 3.74. The zero-order valence-electron chi connectivity index (χ0n) is 15.2. The van der Waals surface area contributed by atoms with E-state index in [-0.39, 0.29) is 42.9 Å². The molecule has 1 aromatic heterocycles. The molecule has 2 aromatic carbocycles. The lowest BCUT2D eigenvalue weighted by atomic mass is 10.1. The summed E-state index contributed by atoms with van der Waals surface area (Å²) in [5.41, 5.74) is 2.42. The van der Waals surface area contributed by atoms with E-state index in [1.807, 2.05) is 0 Å². The van der Waals surface area contributed by atoms with Crippen molar-refractivity contribution in [2.75, 3.05) is 5.32 Å². The van der Waals surface area contributed by atoms with Gasteiger partial charge in [-0.1, -0.05) is 24.3 Å². The highest BCUT2D eigenvalue weighted by atomic mass is 32.1. The standard InChI is InChI=1S/C21H16FN3O3S/c22-16-3-1-2-15(10-16)17-12-29-21(23-17)24-20(28)14-6-4-13(5-7-14)11-25-18(26)8-9-19(25)27/h1-7,10,12H,8-9,11H2,(H,23,24,28). The number of carbonyl (C=O) groups excluding carboxylic acids is 3. The third kappa shape index (κ3) is 4.22. The molecule has 1 aliphatic heterocycles. The molecule has 2 heterocycles. The molecular formula is C21H16FN3O3S. The Labute approximate surface area is 170 Å². The number of hydrogen-bond donors (Lipinski definition) is 1. The van der Waals surface area contributed by atoms with Gasteiger partial charge in [-0.3, -0.25) is 24.6 Å². The van der Waals surface area contributed by atoms with Crippen LogP contribution in [0, 0.1) is 5.82 Å². The molecule has 0 aliphatic carbocycles. The van der Waals surface area contributed by atoms with Gasteiger partial charge in [-0.2, -0.15) is 0 Å². The summed E-state index contributed by atoms with van der Waals surface area (Å²) in [6.45, 7) is 0.211. The maximum Gasteiger partial charge on any atom is 0.257 e. The zero-order chi connectivity index (χ0) is 20.4. The highest BCUT2D eigenvalue weighted by Gasteiger charge is 2.28. The largest absolute Gasteiger partial charge is 0.298 e. The fraction of sp³-hybridized carbons (Fsp3) is 0.143. The van der Waals surface area contributed by atoms with Crippen LogP contribution in [0.3, 0.4) is 0 Å². The van der Waals surface area contributed by atoms with Gasteiger partial charge in [0.25, 0.3) is 5.91 Å². The number of aromatic nitrogens is 1. The van der Waals surface area contributed by atoms with Crippen LogP contribution in [-0.4, -0.2) is 27.6 Å². The molecule has 3 aromatic rings. The summed E-state index contributed by atoms with van der Waals surface area (Å²) in [7, 11) is 0. The Bertz CT molecular complexity index is 1080. The molecule has 0 unspecified atom stereocenters. The van der Waals surface area contributed by atoms with Gasteiger partial charge in [-0.15, -0.1) is 11.3 Å². The number of likely N-dealkylation sites (tertiary alicyclic amines) is 1. The Hall–Kier alpha value is -3.39. The first-order valence-corrected chi connectivity index (χ1v) is 9.82. The summed E-state index contributed by atoms with van der Waals surface area (Å²) in [5, 5.41) is 4.88. The van der Waals surface area contributed by atoms with Gasteiger partial charge >= 0.3 is 0 Å². The van der Waals surface area contributed by atoms with Crippen molar-refractivity contribution < 1.29 is 18.8 Å². The van der Waals surface area contributed by atoms with Gasteiger partial charge in [0.2, 0.25) is 11.8 Å². The van der Waals surface area contributed by atoms with Crippen molar-refractivity contribution in [3.05, 3.63) is 70.9 Å². The van der Waals surface area contributed by atoms with Gasteiger partial charge in [0.1, 0.15) is 5.82 Å². The second kappa shape index (κ2) is 7.92. The van der Waals surface area contributed by atoms with Gasteiger partial charge < -0.3 is 0 Å². The first-order valence-electron chi connectivity index (χ1n) is 8.94. The van der Waals surface area contributed by atoms with E-state index in [0.29, 0.717) is 22.0 Å². The lowest BCUT2D eigenvalue weighted by Crippen LogP contribution is -2.28. The number of rotatable bonds is 5. The van der Waals surface area contributed by atoms with Gasteiger partial charge in [0, 0.05) is 29.3 Å². The monoisotopic (exact) mass is 409 g/mol. The van der Waals surface area contributed by atoms with E-state index in [9.17, 15) is 18.8 Å². The van der Waals surface area contributed by atoms with E-state index < -0.39 is 0 Å². The smallest absolute Gasteiger partial charge is 0.257 e. The third-order valence-corrected chi connectivity index (χ3v) is 5.31. The number of benzene rings is 2. The summed E-state index contributed by atoms with van der Waals surface area (Å²) < 4.78 is 13.4. The number of thiazole rings is 1. The van der Waals surface area contributed by atoms with Crippen LogP contribution in [0.15, 0.2) is 53.9 Å². The van der Waals surface area contributed by atoms with Crippen molar-refractivity contribution in [2.24, 2.45) is 0 Å². The van der Waals surface area contributed by atoms with Crippen molar-refractivity contribution >= 4 is 34.2 Å². The van der Waals surface area contributed by atoms with Crippen molar-refractivity contribution in [3.63, 3.8) is 0 Å². The van der Waals surface area contributed by atoms with E-state index in [1.165, 1.54) is 28.4 Å². The molecule has 0 atom stereocenters. The molecule has 0 saturated carbocycles. The summed E-state index contributed by atoms with van der Waals surface area (Å²) >= 11 is 1.25. The predicted octanol–water partition coefficient (Wildman–Crippen LogP) is 3.85. The Morgan fingerprint density at radius 1 is 1.10 bits per heavy atom. The van der Waals surface area contributed by atoms with Crippen LogP contribution in [-0.2, 0) is 16.1 Å². The first-order chi connectivity index (χ1) is 14.0. The molecule has 0 spiro atoms. The lowest BCUT2D eigenvalue weighted by molar-refractivity contribution is -0.139. The predicted molar refractivity (Wildman–Crippen MR) is 107 cm³/mol. The van der Waals surface area contributed by atoms with E-state index in [4.69, 9.17) is 0 Å². The maximum absolute atomic E-state index is 13.4. The second-order valence-electron chi connectivity index (χ2n) is 6.57. The number of hydrogen-bond acceptors (Lipinski definition) is 5. The molecule has 4 rings (SSSR count). The minimum atomic E-state index is -0.349. The highest BCUT2D eigenvalue weighted by molar-refractivity contribution is 7.14. The molecular weight excluding hydrogens is 393 g/mol. The summed E-state index contributed by atoms with van der Waals surface area (Å²) in [5.74, 6) is -1.02. The molecule has 1 fully saturated rings. The molecule has 1 saturated heterocycles. The average Bonchev–Trinajstić information content (AvgIpc) is 3.30. The molecule has 8 heteroatoms. The van der Waals surface area contributed by atoms with Crippen LogP contribution >= 0.6 is 11.3 Å². The summed E-state index contributed by atoms with van der Waals surface area (Å²) in [6, 6.07) is 12.8. The fourth-order valence-electron chi connectivity index (χ4n) is 3.02. The third-order valence-electron chi connectivity index (χ3n) is 4.56. The normalized spacial score (nSPS) is 13.8. The average molecular weight is 409 g/mol. The highest BCUT2D eigenvalue weighted by Crippen LogP contribution is 2.25. The topological polar surface area (TPSA) is 79.4 Å². The number of nitrogens with zero attached hydrogens (tertiary/aromatic N) is 2. The van der Waals surface area contributed by atoms with Crippen LogP contribution in [0.25, 0.3) is 11.3 Å². The van der Waals surface area contributed by atoms with Crippen molar-refractivity contribution in [3.8, 4) is 11.3 Å². The van der Waals surface area contributed by atoms with Crippen molar-refractivity contribution in [1.82, 2.24) is 9.88 Å². The molecule has 0 bridgehead atoms. The Morgan fingerprint density at radius 2 is 1.83 bits per heavy atom. The molecule has 3 amide bonds. The molecule has 6 nitrogen and oxygen atoms in total. The Morgan fingerprint density at radius 3 is 2.52 bits per heavy atom. The van der Waals surface area contributed by atoms with E-state index in [0.717, 1.165) is 5.56 Å². The van der Waals surface area contributed by atoms with E-state index >= 15 is 0 Å². The lowest BCUT2D eigenvalue weighted by Gasteiger charge is -2.13. The van der Waals surface area contributed by atoms with Crippen molar-refractivity contribution in [1.29, 1.82) is 0 Å². The minimum absolute atomic E-state index is 0.172. The number of halogens is 1. The number of nitrogens with one attached hydrogen (secondary N) is 1. The minimum Gasteiger partial charge on any atom is -0.298 e. The number of carbonyl (C=O) groups is 3. The Kier molecular flexibility index (Phi) is 5.18. The van der Waals surface area contributed by atoms with Crippen LogP contribution in [0.1, 0.15) is 28.8 Å². The summed E-state index contributed by atoms with van der Waals surface area (Å²) in [6.07, 6.45) is 0.509. The van der Waals surface area contributed by atoms with Gasteiger partial charge in [0.05, 0.1) is 12.2 Å². The molecule has 1 aliphatic rings. The van der Waals surface area contributed by atoms with Crippen LogP contribution in [0.4, 0.5) is 9.52 Å². The zero-order valence-corrected chi connectivity index (χ0v) is 16.0. The maximum atomic E-state index is 13.4. The van der Waals surface area contributed by atoms with Gasteiger partial charge in [-0.05, 0) is 29.8 Å². The quantitative estimate of drug-likeness (QED) is 0.649. The molecule has 1 N–H and O–H groups in total. The molecule has 29 heavy (non-hydrogen) atoms. The first kappa shape index (κ1) is 18.9. The van der Waals surface area contributed by atoms with Gasteiger partial charge in [0.15, 0.2) is 5.13 Å². The van der Waals surface area contributed by atoms with Crippen molar-refractivity contribution in [2.45, 2.75) is 19.4 Å². The number of imide groups is 1. The van der Waals surface area contributed by atoms with E-state index in [2.05, 4.69) is 10.3 Å². The van der Waals surface area contributed by atoms with Crippen LogP contribution in [0.5, 0.6) is 0 Å². The molecule has 0 radical (unpaired) electrons. The van der Waals surface area contributed by atoms with Crippen LogP contribution < -0.4 is 5.32 Å². The second-order valence-corrected chi connectivity index (χ2v) is 7.43.